The van der Waals surface area contributed by atoms with Gasteiger partial charge in [0.05, 0.1) is 5.75 Å². The SMILES string of the molecule is COCCCS(=O)(=O)N1CCCC(CNS(N)(=O)=O)C1. The number of sulfonamides is 1. The minimum atomic E-state index is -3.73. The predicted molar refractivity (Wildman–Crippen MR) is 75.7 cm³/mol. The number of nitrogens with zero attached hydrogens (tertiary/aromatic N) is 1. The third kappa shape index (κ3) is 6.46. The normalized spacial score (nSPS) is 22.0. The van der Waals surface area contributed by atoms with Gasteiger partial charge in [-0.05, 0) is 25.2 Å². The Morgan fingerprint density at radius 2 is 2.05 bits per heavy atom. The molecule has 0 aromatic carbocycles. The average molecular weight is 329 g/mol. The zero-order chi connectivity index (χ0) is 15.2. The number of rotatable bonds is 8. The monoisotopic (exact) mass is 329 g/mol. The summed E-state index contributed by atoms with van der Waals surface area (Å²) in [6.07, 6.45) is 1.96. The number of nitrogens with two attached hydrogens (primary N) is 1. The molecule has 10 heteroatoms. The molecule has 1 unspecified atom stereocenters. The van der Waals surface area contributed by atoms with Gasteiger partial charge in [-0.15, -0.1) is 0 Å². The van der Waals surface area contributed by atoms with Crippen LogP contribution in [0.25, 0.3) is 0 Å². The first-order chi connectivity index (χ1) is 9.24. The third-order valence-corrected chi connectivity index (χ3v) is 5.69. The highest BCUT2D eigenvalue weighted by Gasteiger charge is 2.28. The van der Waals surface area contributed by atoms with Crippen LogP contribution in [-0.2, 0) is 25.0 Å². The first-order valence-electron chi connectivity index (χ1n) is 6.49. The third-order valence-electron chi connectivity index (χ3n) is 3.20. The molecule has 8 nitrogen and oxygen atoms in total. The topological polar surface area (TPSA) is 119 Å². The van der Waals surface area contributed by atoms with E-state index < -0.39 is 20.2 Å². The Morgan fingerprint density at radius 3 is 2.65 bits per heavy atom. The number of ether oxygens (including phenoxy) is 1. The highest BCUT2D eigenvalue weighted by Crippen LogP contribution is 2.19. The zero-order valence-electron chi connectivity index (χ0n) is 11.6. The van der Waals surface area contributed by atoms with E-state index in [2.05, 4.69) is 4.72 Å². The van der Waals surface area contributed by atoms with Crippen LogP contribution < -0.4 is 9.86 Å². The lowest BCUT2D eigenvalue weighted by molar-refractivity contribution is 0.198. The van der Waals surface area contributed by atoms with E-state index in [-0.39, 0.29) is 18.2 Å². The van der Waals surface area contributed by atoms with Gasteiger partial charge in [-0.25, -0.2) is 22.6 Å². The van der Waals surface area contributed by atoms with Crippen LogP contribution in [0.4, 0.5) is 0 Å². The first kappa shape index (κ1) is 17.8. The number of hydrogen-bond acceptors (Lipinski definition) is 5. The van der Waals surface area contributed by atoms with Gasteiger partial charge in [-0.3, -0.25) is 0 Å². The van der Waals surface area contributed by atoms with Crippen LogP contribution in [0.3, 0.4) is 0 Å². The van der Waals surface area contributed by atoms with Crippen LogP contribution >= 0.6 is 0 Å². The number of nitrogens with one attached hydrogen (secondary N) is 1. The van der Waals surface area contributed by atoms with Crippen molar-refractivity contribution < 1.29 is 21.6 Å². The van der Waals surface area contributed by atoms with Crippen LogP contribution in [0, 0.1) is 5.92 Å². The fourth-order valence-electron chi connectivity index (χ4n) is 2.19. The van der Waals surface area contributed by atoms with E-state index in [1.165, 1.54) is 11.4 Å². The standard InChI is InChI=1S/C10H23N3O5S2/c1-18-6-3-7-19(14,15)13-5-2-4-10(9-13)8-12-20(11,16)17/h10,12H,2-9H2,1H3,(H2,11,16,17). The van der Waals surface area contributed by atoms with Crippen molar-refractivity contribution in [3.63, 3.8) is 0 Å². The summed E-state index contributed by atoms with van der Waals surface area (Å²) in [6.45, 7) is 1.39. The summed E-state index contributed by atoms with van der Waals surface area (Å²) >= 11 is 0. The average Bonchev–Trinajstić information content (AvgIpc) is 2.36. The molecule has 1 aliphatic rings. The Labute approximate surface area is 120 Å². The van der Waals surface area contributed by atoms with Crippen molar-refractivity contribution in [3.05, 3.63) is 0 Å². The minimum Gasteiger partial charge on any atom is -0.385 e. The molecule has 0 aromatic heterocycles. The lowest BCUT2D eigenvalue weighted by Gasteiger charge is -2.31. The summed E-state index contributed by atoms with van der Waals surface area (Å²) in [4.78, 5) is 0. The van der Waals surface area contributed by atoms with Crippen molar-refractivity contribution in [2.24, 2.45) is 11.1 Å². The number of methoxy groups -OCH3 is 1. The molecule has 3 N–H and O–H groups in total. The van der Waals surface area contributed by atoms with Gasteiger partial charge in [-0.1, -0.05) is 0 Å². The highest BCUT2D eigenvalue weighted by atomic mass is 32.2. The molecule has 0 spiro atoms. The van der Waals surface area contributed by atoms with E-state index in [9.17, 15) is 16.8 Å². The van der Waals surface area contributed by atoms with Gasteiger partial charge in [0.15, 0.2) is 0 Å². The van der Waals surface area contributed by atoms with Gasteiger partial charge in [0, 0.05) is 33.4 Å². The molecule has 0 radical (unpaired) electrons. The fraction of sp³-hybridized carbons (Fsp3) is 1.00. The van der Waals surface area contributed by atoms with Crippen molar-refractivity contribution in [3.8, 4) is 0 Å². The molecule has 1 saturated heterocycles. The molecule has 1 rings (SSSR count). The second kappa shape index (κ2) is 7.66. The molecule has 1 heterocycles. The first-order valence-corrected chi connectivity index (χ1v) is 9.64. The lowest BCUT2D eigenvalue weighted by Crippen LogP contribution is -2.45. The van der Waals surface area contributed by atoms with E-state index in [0.717, 1.165) is 12.8 Å². The molecule has 0 aromatic rings. The van der Waals surface area contributed by atoms with Crippen molar-refractivity contribution in [2.75, 3.05) is 39.1 Å². The van der Waals surface area contributed by atoms with Crippen LogP contribution in [0.15, 0.2) is 0 Å². The van der Waals surface area contributed by atoms with Gasteiger partial charge >= 0.3 is 0 Å². The Balaban J connectivity index is 2.51. The molecule has 1 aliphatic heterocycles. The van der Waals surface area contributed by atoms with E-state index in [4.69, 9.17) is 9.88 Å². The van der Waals surface area contributed by atoms with Crippen molar-refractivity contribution >= 4 is 20.2 Å². The Morgan fingerprint density at radius 1 is 1.35 bits per heavy atom. The summed E-state index contributed by atoms with van der Waals surface area (Å²) in [5.41, 5.74) is 0. The molecular formula is C10H23N3O5S2. The summed E-state index contributed by atoms with van der Waals surface area (Å²) in [6, 6.07) is 0. The largest absolute Gasteiger partial charge is 0.385 e. The summed E-state index contributed by atoms with van der Waals surface area (Å²) in [5.74, 6) is 0.00942. The Bertz CT molecular complexity index is 491. The van der Waals surface area contributed by atoms with Crippen LogP contribution in [-0.4, -0.2) is 60.2 Å². The molecule has 20 heavy (non-hydrogen) atoms. The zero-order valence-corrected chi connectivity index (χ0v) is 13.2. The molecule has 0 bridgehead atoms. The minimum absolute atomic E-state index is 0.0423. The Kier molecular flexibility index (Phi) is 6.82. The molecule has 1 atom stereocenters. The van der Waals surface area contributed by atoms with E-state index in [0.29, 0.717) is 26.1 Å². The second-order valence-corrected chi connectivity index (χ2v) is 8.39. The molecule has 1 fully saturated rings. The molecule has 0 amide bonds. The molecule has 0 aliphatic carbocycles. The fourth-order valence-corrected chi connectivity index (χ4v) is 4.25. The molecule has 0 saturated carbocycles. The number of hydrogen-bond donors (Lipinski definition) is 2. The predicted octanol–water partition coefficient (Wildman–Crippen LogP) is -1.14. The summed E-state index contributed by atoms with van der Waals surface area (Å²) in [7, 11) is -5.50. The van der Waals surface area contributed by atoms with Gasteiger partial charge in [0.1, 0.15) is 0 Å². The van der Waals surface area contributed by atoms with Gasteiger partial charge < -0.3 is 4.74 Å². The van der Waals surface area contributed by atoms with Gasteiger partial charge in [-0.2, -0.15) is 8.42 Å². The van der Waals surface area contributed by atoms with Gasteiger partial charge in [0.2, 0.25) is 10.0 Å². The summed E-state index contributed by atoms with van der Waals surface area (Å²) in [5, 5.41) is 4.87. The maximum atomic E-state index is 12.1. The summed E-state index contributed by atoms with van der Waals surface area (Å²) < 4.78 is 54.4. The maximum Gasteiger partial charge on any atom is 0.274 e. The lowest BCUT2D eigenvalue weighted by atomic mass is 10.0. The van der Waals surface area contributed by atoms with Crippen LogP contribution in [0.1, 0.15) is 19.3 Å². The molecular weight excluding hydrogens is 306 g/mol. The van der Waals surface area contributed by atoms with Crippen LogP contribution in [0.5, 0.6) is 0 Å². The van der Waals surface area contributed by atoms with Crippen molar-refractivity contribution in [2.45, 2.75) is 19.3 Å². The highest BCUT2D eigenvalue weighted by molar-refractivity contribution is 7.89. The van der Waals surface area contributed by atoms with E-state index >= 15 is 0 Å². The van der Waals surface area contributed by atoms with E-state index in [1.807, 2.05) is 0 Å². The van der Waals surface area contributed by atoms with Crippen molar-refractivity contribution in [1.82, 2.24) is 9.03 Å². The maximum absolute atomic E-state index is 12.1. The van der Waals surface area contributed by atoms with Crippen LogP contribution in [0.2, 0.25) is 0 Å². The smallest absolute Gasteiger partial charge is 0.274 e. The van der Waals surface area contributed by atoms with Crippen molar-refractivity contribution in [1.29, 1.82) is 0 Å². The molecule has 120 valence electrons. The second-order valence-electron chi connectivity index (χ2n) is 4.92. The van der Waals surface area contributed by atoms with E-state index in [1.54, 1.807) is 0 Å². The quantitative estimate of drug-likeness (QED) is 0.546. The Hall–Kier alpha value is -0.260. The number of piperidine rings is 1. The van der Waals surface area contributed by atoms with Gasteiger partial charge in [0.25, 0.3) is 10.2 Å².